The number of rotatable bonds is 2. The number of nitrogens with zero attached hydrogens (tertiary/aromatic N) is 3. The molecule has 5 heteroatoms. The monoisotopic (exact) mass is 715 g/mol. The lowest BCUT2D eigenvalue weighted by atomic mass is 9.44. The fourth-order valence-corrected chi connectivity index (χ4v) is 10.6. The summed E-state index contributed by atoms with van der Waals surface area (Å²) in [4.78, 5) is 5.08. The van der Waals surface area contributed by atoms with E-state index >= 15 is 0 Å². The van der Waals surface area contributed by atoms with Crippen LogP contribution in [0.25, 0.3) is 49.7 Å². The summed E-state index contributed by atoms with van der Waals surface area (Å²) in [6.07, 6.45) is 0. The minimum absolute atomic E-state index is 0.0589. The van der Waals surface area contributed by atoms with Crippen LogP contribution in [0.1, 0.15) is 25.0 Å². The summed E-state index contributed by atoms with van der Waals surface area (Å²) in [5.74, 6) is 1.70. The van der Waals surface area contributed by atoms with Crippen LogP contribution >= 0.6 is 0 Å². The Labute approximate surface area is 325 Å². The fraction of sp³-hybridized carbons (Fsp3) is 0.0588. The molecule has 0 saturated heterocycles. The summed E-state index contributed by atoms with van der Waals surface area (Å²) in [6.45, 7) is 4.72. The number of aromatic nitrogens is 1. The van der Waals surface area contributed by atoms with Gasteiger partial charge in [-0.15, -0.1) is 0 Å². The highest BCUT2D eigenvalue weighted by molar-refractivity contribution is 6.93. The zero-order valence-corrected chi connectivity index (χ0v) is 31.0. The van der Waals surface area contributed by atoms with Crippen LogP contribution in [0, 0.1) is 0 Å². The van der Waals surface area contributed by atoms with Gasteiger partial charge in [0, 0.05) is 38.8 Å². The summed E-state index contributed by atoms with van der Waals surface area (Å²) in [7, 11) is 0. The molecular weight excluding hydrogens is 681 g/mol. The Bertz CT molecular complexity index is 3130. The lowest BCUT2D eigenvalue weighted by Crippen LogP contribution is -2.60. The molecule has 8 aromatic carbocycles. The molecule has 4 nitrogen and oxygen atoms in total. The molecule has 0 unspecified atom stereocenters. The maximum atomic E-state index is 6.59. The first-order valence-corrected chi connectivity index (χ1v) is 19.6. The average Bonchev–Trinajstić information content (AvgIpc) is 3.71. The Morgan fingerprint density at radius 1 is 0.500 bits per heavy atom. The Kier molecular flexibility index (Phi) is 5.76. The van der Waals surface area contributed by atoms with Crippen LogP contribution in [-0.2, 0) is 5.41 Å². The summed E-state index contributed by atoms with van der Waals surface area (Å²) >= 11 is 0. The predicted molar refractivity (Wildman–Crippen MR) is 232 cm³/mol. The van der Waals surface area contributed by atoms with Gasteiger partial charge >= 0.3 is 6.85 Å². The first-order valence-electron chi connectivity index (χ1n) is 19.6. The molecule has 0 bridgehead atoms. The SMILES string of the molecule is CC1(C)c2ccccc2-c2cc3c(cc21)-c1cc(N2c4ccccc4Oc4ccccc42)c2c4ccccc4n4c2c1B(c1ccccc1-4)N3c1ccccc1. The van der Waals surface area contributed by atoms with E-state index in [1.165, 1.54) is 83.2 Å². The molecular formula is C51H34BN3O. The Balaban J connectivity index is 1.24. The van der Waals surface area contributed by atoms with Crippen molar-refractivity contribution in [2.24, 2.45) is 0 Å². The largest absolute Gasteiger partial charge is 0.453 e. The van der Waals surface area contributed by atoms with Crippen molar-refractivity contribution in [1.82, 2.24) is 4.57 Å². The molecule has 0 amide bonds. The van der Waals surface area contributed by atoms with E-state index in [2.05, 4.69) is 198 Å². The van der Waals surface area contributed by atoms with Gasteiger partial charge in [0.05, 0.1) is 28.1 Å². The van der Waals surface area contributed by atoms with Crippen LogP contribution in [0.15, 0.2) is 170 Å². The third-order valence-electron chi connectivity index (χ3n) is 12.9. The molecule has 262 valence electrons. The summed E-state index contributed by atoms with van der Waals surface area (Å²) in [6, 6.07) is 62.5. The van der Waals surface area contributed by atoms with E-state index < -0.39 is 0 Å². The molecule has 1 aromatic heterocycles. The number of hydrogen-bond donors (Lipinski definition) is 0. The molecule has 56 heavy (non-hydrogen) atoms. The van der Waals surface area contributed by atoms with Crippen LogP contribution < -0.4 is 25.4 Å². The molecule has 13 rings (SSSR count). The smallest absolute Gasteiger partial charge is 0.333 e. The topological polar surface area (TPSA) is 20.6 Å². The molecule has 0 spiro atoms. The first-order chi connectivity index (χ1) is 27.6. The lowest BCUT2D eigenvalue weighted by molar-refractivity contribution is 0.477. The molecule has 0 N–H and O–H groups in total. The zero-order valence-electron chi connectivity index (χ0n) is 31.0. The molecule has 3 aliphatic heterocycles. The molecule has 0 atom stereocenters. The van der Waals surface area contributed by atoms with Gasteiger partial charge in [-0.1, -0.05) is 117 Å². The van der Waals surface area contributed by atoms with E-state index in [4.69, 9.17) is 4.74 Å². The second kappa shape index (κ2) is 10.6. The lowest BCUT2D eigenvalue weighted by Gasteiger charge is -2.43. The molecule has 0 saturated carbocycles. The standard InChI is InChI=1S/C51H34BN3O/c1-51(2)37-20-8-6-18-32(37)34-29-44-35(28-38(34)51)36-30-45(53-42-24-12-14-26-46(42)56-47-27-15-13-25-43(47)53)48-33-19-7-10-22-40(33)54-41-23-11-9-21-39(41)52(49(36)50(48)54)55(44)31-16-4-3-5-17-31/h3-30H,1-2H3. The van der Waals surface area contributed by atoms with Gasteiger partial charge in [-0.3, -0.25) is 0 Å². The minimum Gasteiger partial charge on any atom is -0.453 e. The number of hydrogen-bond acceptors (Lipinski definition) is 3. The molecule has 0 fully saturated rings. The van der Waals surface area contributed by atoms with Crippen molar-refractivity contribution >= 4 is 68.0 Å². The molecule has 0 radical (unpaired) electrons. The highest BCUT2D eigenvalue weighted by Gasteiger charge is 2.47. The van der Waals surface area contributed by atoms with Crippen LogP contribution in [0.2, 0.25) is 0 Å². The maximum absolute atomic E-state index is 6.59. The van der Waals surface area contributed by atoms with Gasteiger partial charge in [-0.25, -0.2) is 0 Å². The number of ether oxygens (including phenoxy) is 1. The predicted octanol–water partition coefficient (Wildman–Crippen LogP) is 11.9. The molecule has 1 aliphatic carbocycles. The van der Waals surface area contributed by atoms with Crippen molar-refractivity contribution in [1.29, 1.82) is 0 Å². The highest BCUT2D eigenvalue weighted by atomic mass is 16.5. The van der Waals surface area contributed by atoms with Gasteiger partial charge in [0.2, 0.25) is 0 Å². The van der Waals surface area contributed by atoms with Gasteiger partial charge in [0.1, 0.15) is 0 Å². The highest BCUT2D eigenvalue weighted by Crippen LogP contribution is 2.57. The van der Waals surface area contributed by atoms with Gasteiger partial charge < -0.3 is 19.0 Å². The number of anilines is 5. The van der Waals surface area contributed by atoms with Gasteiger partial charge in [0.25, 0.3) is 0 Å². The van der Waals surface area contributed by atoms with E-state index in [0.29, 0.717) is 0 Å². The van der Waals surface area contributed by atoms with E-state index in [0.717, 1.165) is 28.6 Å². The van der Waals surface area contributed by atoms with Crippen molar-refractivity contribution in [3.63, 3.8) is 0 Å². The van der Waals surface area contributed by atoms with Crippen molar-refractivity contribution in [2.75, 3.05) is 9.71 Å². The Morgan fingerprint density at radius 2 is 1.14 bits per heavy atom. The summed E-state index contributed by atoms with van der Waals surface area (Å²) < 4.78 is 9.15. The molecule has 4 aliphatic rings. The van der Waals surface area contributed by atoms with E-state index in [-0.39, 0.29) is 12.3 Å². The second-order valence-corrected chi connectivity index (χ2v) is 16.1. The van der Waals surface area contributed by atoms with Crippen LogP contribution in [0.3, 0.4) is 0 Å². The van der Waals surface area contributed by atoms with Gasteiger partial charge in [-0.05, 0) is 105 Å². The molecule has 4 heterocycles. The molecule has 9 aromatic rings. The fourth-order valence-electron chi connectivity index (χ4n) is 10.6. The van der Waals surface area contributed by atoms with Crippen molar-refractivity contribution in [2.45, 2.75) is 19.3 Å². The minimum atomic E-state index is -0.150. The average molecular weight is 716 g/mol. The van der Waals surface area contributed by atoms with Crippen LogP contribution in [-0.4, -0.2) is 11.4 Å². The quantitative estimate of drug-likeness (QED) is 0.166. The van der Waals surface area contributed by atoms with Crippen molar-refractivity contribution < 1.29 is 4.74 Å². The van der Waals surface area contributed by atoms with Gasteiger partial charge in [-0.2, -0.15) is 0 Å². The van der Waals surface area contributed by atoms with E-state index in [9.17, 15) is 0 Å². The Hall–Kier alpha value is -6.98. The zero-order chi connectivity index (χ0) is 36.9. The first kappa shape index (κ1) is 30.4. The number of benzene rings is 8. The van der Waals surface area contributed by atoms with Crippen molar-refractivity contribution in [3.05, 3.63) is 181 Å². The summed E-state index contributed by atoms with van der Waals surface area (Å²) in [5.41, 5.74) is 19.8. The van der Waals surface area contributed by atoms with Crippen LogP contribution in [0.4, 0.5) is 28.4 Å². The van der Waals surface area contributed by atoms with Crippen molar-refractivity contribution in [3.8, 4) is 39.4 Å². The Morgan fingerprint density at radius 3 is 1.95 bits per heavy atom. The third-order valence-corrected chi connectivity index (χ3v) is 12.9. The second-order valence-electron chi connectivity index (χ2n) is 16.1. The number of para-hydroxylation sites is 7. The summed E-state index contributed by atoms with van der Waals surface area (Å²) in [5, 5.41) is 2.48. The van der Waals surface area contributed by atoms with E-state index in [1.54, 1.807) is 0 Å². The number of fused-ring (bicyclic) bond motifs is 13. The van der Waals surface area contributed by atoms with Gasteiger partial charge in [0.15, 0.2) is 11.5 Å². The maximum Gasteiger partial charge on any atom is 0.333 e. The third kappa shape index (κ3) is 3.70. The normalized spacial score (nSPS) is 14.8. The van der Waals surface area contributed by atoms with E-state index in [1.807, 2.05) is 0 Å². The van der Waals surface area contributed by atoms with Crippen LogP contribution in [0.5, 0.6) is 11.5 Å².